The first-order valence-electron chi connectivity index (χ1n) is 4.22. The number of hydrogen-bond donors (Lipinski definition) is 2. The van der Waals surface area contributed by atoms with Gasteiger partial charge in [0.2, 0.25) is 5.91 Å². The highest BCUT2D eigenvalue weighted by Crippen LogP contribution is 2.21. The summed E-state index contributed by atoms with van der Waals surface area (Å²) < 4.78 is 0. The minimum atomic E-state index is -0.528. The number of primary amides is 1. The van der Waals surface area contributed by atoms with Crippen LogP contribution in [-0.2, 0) is 11.2 Å². The Morgan fingerprint density at radius 3 is 2.40 bits per heavy atom. The van der Waals surface area contributed by atoms with Crippen LogP contribution in [0.2, 0.25) is 0 Å². The van der Waals surface area contributed by atoms with E-state index in [0.717, 1.165) is 11.4 Å². The van der Waals surface area contributed by atoms with Gasteiger partial charge in [-0.2, -0.15) is 0 Å². The van der Waals surface area contributed by atoms with Gasteiger partial charge < -0.3 is 10.7 Å². The average molecular weight is 254 g/mol. The highest BCUT2D eigenvalue weighted by molar-refractivity contribution is 5.85. The molecule has 0 spiro atoms. The molecule has 0 bridgehead atoms. The fourth-order valence-corrected chi connectivity index (χ4v) is 1.07. The van der Waals surface area contributed by atoms with Crippen LogP contribution in [0, 0.1) is 12.3 Å². The molecular weight excluding hydrogens is 237 g/mol. The summed E-state index contributed by atoms with van der Waals surface area (Å²) in [5.41, 5.74) is 6.63. The maximum atomic E-state index is 11.0. The van der Waals surface area contributed by atoms with Crippen molar-refractivity contribution in [2.75, 3.05) is 0 Å². The molecule has 1 aromatic rings. The topological polar surface area (TPSA) is 71.8 Å². The average Bonchev–Trinajstić information content (AvgIpc) is 2.35. The Hall–Kier alpha value is -0.740. The maximum absolute atomic E-state index is 11.0. The van der Waals surface area contributed by atoms with Crippen molar-refractivity contribution in [3.8, 4) is 0 Å². The molecule has 0 aliphatic carbocycles. The van der Waals surface area contributed by atoms with Crippen molar-refractivity contribution in [3.63, 3.8) is 0 Å². The Morgan fingerprint density at radius 2 is 2.07 bits per heavy atom. The summed E-state index contributed by atoms with van der Waals surface area (Å²) in [6, 6.07) is 0. The molecule has 1 amide bonds. The van der Waals surface area contributed by atoms with Crippen molar-refractivity contribution in [2.45, 2.75) is 27.2 Å². The largest absolute Gasteiger partial charge is 0.369 e. The number of amides is 1. The quantitative estimate of drug-likeness (QED) is 0.860. The Balaban J connectivity index is 0. The first kappa shape index (κ1) is 16.7. The summed E-state index contributed by atoms with van der Waals surface area (Å²) in [5.74, 6) is -0.296. The van der Waals surface area contributed by atoms with E-state index in [-0.39, 0.29) is 30.7 Å². The predicted octanol–water partition coefficient (Wildman–Crippen LogP) is 1.62. The number of rotatable bonds is 3. The van der Waals surface area contributed by atoms with E-state index in [0.29, 0.717) is 6.42 Å². The molecule has 0 saturated heterocycles. The first-order chi connectivity index (χ1) is 5.93. The van der Waals surface area contributed by atoms with Gasteiger partial charge in [-0.25, -0.2) is 4.98 Å². The van der Waals surface area contributed by atoms with E-state index in [4.69, 9.17) is 5.73 Å². The molecule has 88 valence electrons. The van der Waals surface area contributed by atoms with E-state index in [9.17, 15) is 4.79 Å². The SMILES string of the molecule is Cc1[nH]cnc1CC(C)(C)C(N)=O.Cl.Cl. The van der Waals surface area contributed by atoms with Crippen molar-refractivity contribution in [2.24, 2.45) is 11.1 Å². The van der Waals surface area contributed by atoms with Gasteiger partial charge in [-0.05, 0) is 6.92 Å². The van der Waals surface area contributed by atoms with Crippen LogP contribution in [0.3, 0.4) is 0 Å². The molecule has 0 saturated carbocycles. The molecule has 1 rings (SSSR count). The molecule has 15 heavy (non-hydrogen) atoms. The lowest BCUT2D eigenvalue weighted by atomic mass is 9.87. The number of nitrogens with zero attached hydrogens (tertiary/aromatic N) is 1. The summed E-state index contributed by atoms with van der Waals surface area (Å²) in [6.07, 6.45) is 2.21. The second kappa shape index (κ2) is 5.98. The molecule has 0 radical (unpaired) electrons. The molecule has 0 fully saturated rings. The molecule has 0 aliphatic heterocycles. The molecule has 3 N–H and O–H groups in total. The van der Waals surface area contributed by atoms with E-state index in [2.05, 4.69) is 9.97 Å². The molecule has 0 aliphatic rings. The lowest BCUT2D eigenvalue weighted by Gasteiger charge is -2.19. The van der Waals surface area contributed by atoms with Crippen LogP contribution in [0.15, 0.2) is 6.33 Å². The highest BCUT2D eigenvalue weighted by atomic mass is 35.5. The van der Waals surface area contributed by atoms with Crippen molar-refractivity contribution in [1.29, 1.82) is 0 Å². The molecule has 6 heteroatoms. The van der Waals surface area contributed by atoms with Gasteiger partial charge in [0.25, 0.3) is 0 Å². The number of aromatic amines is 1. The monoisotopic (exact) mass is 253 g/mol. The Labute approximate surface area is 102 Å². The van der Waals surface area contributed by atoms with Gasteiger partial charge >= 0.3 is 0 Å². The lowest BCUT2D eigenvalue weighted by molar-refractivity contribution is -0.125. The zero-order chi connectivity index (χ0) is 10.1. The third-order valence-corrected chi connectivity index (χ3v) is 2.21. The third kappa shape index (κ3) is 4.10. The molecular formula is C9H17Cl2N3O. The smallest absolute Gasteiger partial charge is 0.223 e. The van der Waals surface area contributed by atoms with Crippen molar-refractivity contribution in [3.05, 3.63) is 17.7 Å². The first-order valence-corrected chi connectivity index (χ1v) is 4.22. The standard InChI is InChI=1S/C9H15N3O.2ClH/c1-6-7(12-5-11-6)4-9(2,3)8(10)13;;/h5H,4H2,1-3H3,(H2,10,13)(H,11,12);2*1H. The summed E-state index contributed by atoms with van der Waals surface area (Å²) in [7, 11) is 0. The Kier molecular flexibility index (Phi) is 6.65. The van der Waals surface area contributed by atoms with E-state index >= 15 is 0 Å². The summed E-state index contributed by atoms with van der Waals surface area (Å²) >= 11 is 0. The predicted molar refractivity (Wildman–Crippen MR) is 64.5 cm³/mol. The number of H-pyrrole nitrogens is 1. The second-order valence-corrected chi connectivity index (χ2v) is 3.90. The van der Waals surface area contributed by atoms with E-state index < -0.39 is 5.41 Å². The number of hydrogen-bond acceptors (Lipinski definition) is 2. The number of nitrogens with one attached hydrogen (secondary N) is 1. The van der Waals surface area contributed by atoms with Crippen LogP contribution in [-0.4, -0.2) is 15.9 Å². The summed E-state index contributed by atoms with van der Waals surface area (Å²) in [6.45, 7) is 5.58. The fraction of sp³-hybridized carbons (Fsp3) is 0.556. The number of carbonyl (C=O) groups excluding carboxylic acids is 1. The van der Waals surface area contributed by atoms with Crippen LogP contribution in [0.4, 0.5) is 0 Å². The van der Waals surface area contributed by atoms with Gasteiger partial charge in [0.15, 0.2) is 0 Å². The van der Waals surface area contributed by atoms with Gasteiger partial charge in [-0.15, -0.1) is 24.8 Å². The van der Waals surface area contributed by atoms with Gasteiger partial charge in [0, 0.05) is 17.5 Å². The van der Waals surface area contributed by atoms with Gasteiger partial charge in [-0.1, -0.05) is 13.8 Å². The molecule has 0 aromatic carbocycles. The van der Waals surface area contributed by atoms with Crippen LogP contribution in [0.25, 0.3) is 0 Å². The number of imidazole rings is 1. The summed E-state index contributed by atoms with van der Waals surface area (Å²) in [5, 5.41) is 0. The Bertz CT molecular complexity index is 323. The molecule has 0 atom stereocenters. The van der Waals surface area contributed by atoms with Gasteiger partial charge in [0.1, 0.15) is 0 Å². The van der Waals surface area contributed by atoms with Crippen molar-refractivity contribution >= 4 is 30.7 Å². The molecule has 1 heterocycles. The molecule has 1 aromatic heterocycles. The number of halogens is 2. The van der Waals surface area contributed by atoms with Crippen LogP contribution in [0.5, 0.6) is 0 Å². The zero-order valence-electron chi connectivity index (χ0n) is 9.03. The minimum absolute atomic E-state index is 0. The molecule has 0 unspecified atom stereocenters. The normalized spacial score (nSPS) is 10.1. The lowest BCUT2D eigenvalue weighted by Crippen LogP contribution is -2.33. The molecule has 4 nitrogen and oxygen atoms in total. The maximum Gasteiger partial charge on any atom is 0.223 e. The number of aryl methyl sites for hydroxylation is 1. The highest BCUT2D eigenvalue weighted by Gasteiger charge is 2.26. The van der Waals surface area contributed by atoms with E-state index in [1.165, 1.54) is 0 Å². The third-order valence-electron chi connectivity index (χ3n) is 2.21. The van der Waals surface area contributed by atoms with Crippen LogP contribution in [0.1, 0.15) is 25.2 Å². The van der Waals surface area contributed by atoms with Gasteiger partial charge in [0.05, 0.1) is 12.0 Å². The van der Waals surface area contributed by atoms with E-state index in [1.807, 2.05) is 20.8 Å². The zero-order valence-corrected chi connectivity index (χ0v) is 10.7. The van der Waals surface area contributed by atoms with Crippen LogP contribution < -0.4 is 5.73 Å². The van der Waals surface area contributed by atoms with E-state index in [1.54, 1.807) is 6.33 Å². The number of aromatic nitrogens is 2. The fourth-order valence-electron chi connectivity index (χ4n) is 1.07. The second-order valence-electron chi connectivity index (χ2n) is 3.90. The Morgan fingerprint density at radius 1 is 1.53 bits per heavy atom. The van der Waals surface area contributed by atoms with Gasteiger partial charge in [-0.3, -0.25) is 4.79 Å². The van der Waals surface area contributed by atoms with Crippen LogP contribution >= 0.6 is 24.8 Å². The summed E-state index contributed by atoms with van der Waals surface area (Å²) in [4.78, 5) is 18.1. The number of carbonyl (C=O) groups is 1. The number of nitrogens with two attached hydrogens (primary N) is 1. The van der Waals surface area contributed by atoms with Crippen molar-refractivity contribution < 1.29 is 4.79 Å². The van der Waals surface area contributed by atoms with Crippen molar-refractivity contribution in [1.82, 2.24) is 9.97 Å². The minimum Gasteiger partial charge on any atom is -0.369 e.